The van der Waals surface area contributed by atoms with Crippen molar-refractivity contribution in [2.75, 3.05) is 19.7 Å². The third-order valence-corrected chi connectivity index (χ3v) is 5.64. The van der Waals surface area contributed by atoms with Gasteiger partial charge in [-0.15, -0.1) is 0 Å². The first-order valence-corrected chi connectivity index (χ1v) is 10.0. The van der Waals surface area contributed by atoms with Crippen molar-refractivity contribution in [3.8, 4) is 0 Å². The Morgan fingerprint density at radius 3 is 2.62 bits per heavy atom. The minimum Gasteiger partial charge on any atom is -0.423 e. The number of aryl methyl sites for hydroxylation is 2. The fourth-order valence-electron chi connectivity index (χ4n) is 4.23. The summed E-state index contributed by atoms with van der Waals surface area (Å²) in [6.45, 7) is 8.10. The fraction of sp³-hybridized carbons (Fsp3) is 0.591. The number of piperidine rings is 1. The molecule has 0 radical (unpaired) electrons. The first kappa shape index (κ1) is 17.7. The molecular weight excluding hydrogens is 326 g/mol. The molecule has 26 heavy (non-hydrogen) atoms. The number of nitrogens with zero attached hydrogens (tertiary/aromatic N) is 1. The Balaban J connectivity index is 1.48. The summed E-state index contributed by atoms with van der Waals surface area (Å²) in [5, 5.41) is 1.11. The van der Waals surface area contributed by atoms with E-state index in [-0.39, 0.29) is 5.63 Å². The number of rotatable bonds is 5. The monoisotopic (exact) mass is 355 g/mol. The van der Waals surface area contributed by atoms with Crippen LogP contribution in [0, 0.1) is 5.92 Å². The van der Waals surface area contributed by atoms with Gasteiger partial charge in [0.25, 0.3) is 0 Å². The molecule has 0 unspecified atom stereocenters. The maximum atomic E-state index is 12.0. The quantitative estimate of drug-likeness (QED) is 0.763. The van der Waals surface area contributed by atoms with Crippen LogP contribution in [-0.4, -0.2) is 30.7 Å². The minimum absolute atomic E-state index is 0.236. The van der Waals surface area contributed by atoms with Crippen LogP contribution in [0.2, 0.25) is 0 Å². The van der Waals surface area contributed by atoms with Gasteiger partial charge in [-0.1, -0.05) is 13.8 Å². The summed E-state index contributed by atoms with van der Waals surface area (Å²) in [6.07, 6.45) is 5.97. The van der Waals surface area contributed by atoms with Crippen molar-refractivity contribution in [1.82, 2.24) is 4.90 Å². The third-order valence-electron chi connectivity index (χ3n) is 5.64. The van der Waals surface area contributed by atoms with Gasteiger partial charge in [0, 0.05) is 37.7 Å². The molecule has 2 aliphatic rings. The number of benzene rings is 1. The van der Waals surface area contributed by atoms with Crippen LogP contribution in [0.15, 0.2) is 27.4 Å². The van der Waals surface area contributed by atoms with Gasteiger partial charge in [0.05, 0.1) is 6.10 Å². The number of ether oxygens (including phenoxy) is 1. The van der Waals surface area contributed by atoms with Crippen LogP contribution in [0.4, 0.5) is 0 Å². The van der Waals surface area contributed by atoms with Crippen molar-refractivity contribution >= 4 is 11.0 Å². The van der Waals surface area contributed by atoms with E-state index in [4.69, 9.17) is 9.15 Å². The zero-order valence-electron chi connectivity index (χ0n) is 15.9. The summed E-state index contributed by atoms with van der Waals surface area (Å²) >= 11 is 0. The lowest BCUT2D eigenvalue weighted by atomic mass is 10.0. The van der Waals surface area contributed by atoms with Crippen molar-refractivity contribution in [2.24, 2.45) is 5.92 Å². The molecule has 4 nitrogen and oxygen atoms in total. The molecule has 1 aliphatic heterocycles. The second kappa shape index (κ2) is 7.53. The summed E-state index contributed by atoms with van der Waals surface area (Å²) in [7, 11) is 0. The molecule has 0 amide bonds. The summed E-state index contributed by atoms with van der Waals surface area (Å²) in [6, 6.07) is 6.04. The third kappa shape index (κ3) is 3.86. The minimum atomic E-state index is -0.236. The Morgan fingerprint density at radius 2 is 1.88 bits per heavy atom. The molecule has 2 heterocycles. The van der Waals surface area contributed by atoms with E-state index in [1.54, 1.807) is 6.07 Å². The van der Waals surface area contributed by atoms with Crippen LogP contribution in [0.3, 0.4) is 0 Å². The van der Waals surface area contributed by atoms with E-state index < -0.39 is 0 Å². The Bertz CT molecular complexity index is 831. The molecule has 4 heteroatoms. The van der Waals surface area contributed by atoms with Gasteiger partial charge in [-0.05, 0) is 66.8 Å². The van der Waals surface area contributed by atoms with Crippen LogP contribution in [0.5, 0.6) is 0 Å². The predicted molar refractivity (Wildman–Crippen MR) is 104 cm³/mol. The Kier molecular flexibility index (Phi) is 5.14. The van der Waals surface area contributed by atoms with Crippen molar-refractivity contribution in [3.63, 3.8) is 0 Å². The standard InChI is InChI=1S/C22H29NO3/c1-15(2)14-25-19-6-8-23(9-7-19)13-18-12-22(24)26-21-11-17-5-3-4-16(17)10-20(18)21/h10-12,15,19H,3-9,13-14H2,1-2H3. The SMILES string of the molecule is CC(C)COC1CCN(Cc2cc(=O)oc3cc4c(cc23)CCC4)CC1. The number of hydrogen-bond acceptors (Lipinski definition) is 4. The molecule has 1 fully saturated rings. The second-order valence-electron chi connectivity index (χ2n) is 8.26. The van der Waals surface area contributed by atoms with E-state index in [0.717, 1.165) is 68.5 Å². The lowest BCUT2D eigenvalue weighted by Gasteiger charge is -2.32. The van der Waals surface area contributed by atoms with Crippen LogP contribution in [-0.2, 0) is 24.1 Å². The molecule has 0 spiro atoms. The van der Waals surface area contributed by atoms with E-state index in [0.29, 0.717) is 12.0 Å². The number of likely N-dealkylation sites (tertiary alicyclic amines) is 1. The second-order valence-corrected chi connectivity index (χ2v) is 8.26. The van der Waals surface area contributed by atoms with Crippen molar-refractivity contribution in [1.29, 1.82) is 0 Å². The molecule has 1 saturated heterocycles. The highest BCUT2D eigenvalue weighted by atomic mass is 16.5. The molecule has 0 atom stereocenters. The molecule has 0 bridgehead atoms. The van der Waals surface area contributed by atoms with Crippen LogP contribution >= 0.6 is 0 Å². The average Bonchev–Trinajstić information content (AvgIpc) is 3.06. The lowest BCUT2D eigenvalue weighted by molar-refractivity contribution is -0.00579. The lowest BCUT2D eigenvalue weighted by Crippen LogP contribution is -2.37. The van der Waals surface area contributed by atoms with Gasteiger partial charge >= 0.3 is 5.63 Å². The van der Waals surface area contributed by atoms with Gasteiger partial charge in [-0.3, -0.25) is 4.90 Å². The highest BCUT2D eigenvalue weighted by Gasteiger charge is 2.22. The summed E-state index contributed by atoms with van der Waals surface area (Å²) < 4.78 is 11.5. The highest BCUT2D eigenvalue weighted by molar-refractivity contribution is 5.82. The topological polar surface area (TPSA) is 42.7 Å². The first-order chi connectivity index (χ1) is 12.6. The van der Waals surface area contributed by atoms with Gasteiger partial charge in [0.15, 0.2) is 0 Å². The first-order valence-electron chi connectivity index (χ1n) is 10.0. The van der Waals surface area contributed by atoms with Gasteiger partial charge in [0.2, 0.25) is 0 Å². The predicted octanol–water partition coefficient (Wildman–Crippen LogP) is 3.92. The molecular formula is C22H29NO3. The van der Waals surface area contributed by atoms with Gasteiger partial charge < -0.3 is 9.15 Å². The zero-order valence-corrected chi connectivity index (χ0v) is 15.9. The van der Waals surface area contributed by atoms with E-state index >= 15 is 0 Å². The molecule has 1 aromatic heterocycles. The van der Waals surface area contributed by atoms with Crippen LogP contribution in [0.25, 0.3) is 11.0 Å². The van der Waals surface area contributed by atoms with Crippen molar-refractivity contribution < 1.29 is 9.15 Å². The summed E-state index contributed by atoms with van der Waals surface area (Å²) in [4.78, 5) is 14.5. The molecule has 0 saturated carbocycles. The highest BCUT2D eigenvalue weighted by Crippen LogP contribution is 2.29. The van der Waals surface area contributed by atoms with E-state index in [2.05, 4.69) is 30.9 Å². The largest absolute Gasteiger partial charge is 0.423 e. The molecule has 1 aromatic carbocycles. The molecule has 1 aliphatic carbocycles. The van der Waals surface area contributed by atoms with E-state index in [1.807, 2.05) is 0 Å². The molecule has 140 valence electrons. The fourth-order valence-corrected chi connectivity index (χ4v) is 4.23. The maximum Gasteiger partial charge on any atom is 0.336 e. The normalized spacial score (nSPS) is 18.7. The van der Waals surface area contributed by atoms with E-state index in [1.165, 1.54) is 17.5 Å². The Labute approximate surface area is 155 Å². The van der Waals surface area contributed by atoms with E-state index in [9.17, 15) is 4.79 Å². The summed E-state index contributed by atoms with van der Waals surface area (Å²) in [5.74, 6) is 0.588. The molecule has 2 aromatic rings. The van der Waals surface area contributed by atoms with Crippen molar-refractivity contribution in [3.05, 3.63) is 45.3 Å². The Hall–Kier alpha value is -1.65. The smallest absolute Gasteiger partial charge is 0.336 e. The van der Waals surface area contributed by atoms with Crippen LogP contribution in [0.1, 0.15) is 49.8 Å². The van der Waals surface area contributed by atoms with Gasteiger partial charge in [0.1, 0.15) is 5.58 Å². The Morgan fingerprint density at radius 1 is 1.15 bits per heavy atom. The number of fused-ring (bicyclic) bond motifs is 2. The average molecular weight is 355 g/mol. The zero-order chi connectivity index (χ0) is 18.1. The number of hydrogen-bond donors (Lipinski definition) is 0. The maximum absolute atomic E-state index is 12.0. The van der Waals surface area contributed by atoms with Gasteiger partial charge in [-0.25, -0.2) is 4.79 Å². The summed E-state index contributed by atoms with van der Waals surface area (Å²) in [5.41, 5.74) is 4.39. The molecule has 0 N–H and O–H groups in total. The molecule has 4 rings (SSSR count). The van der Waals surface area contributed by atoms with Crippen LogP contribution < -0.4 is 5.63 Å². The van der Waals surface area contributed by atoms with Gasteiger partial charge in [-0.2, -0.15) is 0 Å². The van der Waals surface area contributed by atoms with Crippen molar-refractivity contribution in [2.45, 2.75) is 58.6 Å².